The van der Waals surface area contributed by atoms with Crippen LogP contribution < -0.4 is 4.72 Å². The van der Waals surface area contributed by atoms with Gasteiger partial charge in [0, 0.05) is 17.6 Å². The van der Waals surface area contributed by atoms with Crippen LogP contribution in [0.1, 0.15) is 36.9 Å². The Morgan fingerprint density at radius 3 is 2.28 bits per heavy atom. The molecule has 1 heterocycles. The molecule has 0 aliphatic rings. The third kappa shape index (κ3) is 4.61. The summed E-state index contributed by atoms with van der Waals surface area (Å²) in [6.45, 7) is 9.16. The Bertz CT molecular complexity index is 780. The minimum atomic E-state index is -3.70. The van der Waals surface area contributed by atoms with Gasteiger partial charge in [-0.3, -0.25) is 4.90 Å². The van der Waals surface area contributed by atoms with Gasteiger partial charge in [-0.05, 0) is 44.6 Å². The maximum Gasteiger partial charge on any atom is 0.246 e. The average molecular weight is 386 g/mol. The van der Waals surface area contributed by atoms with Crippen LogP contribution in [0.3, 0.4) is 0 Å². The van der Waals surface area contributed by atoms with Crippen molar-refractivity contribution in [2.24, 2.45) is 0 Å². The zero-order chi connectivity index (χ0) is 18.6. The third-order valence-corrected chi connectivity index (χ3v) is 6.13. The van der Waals surface area contributed by atoms with Gasteiger partial charge in [0.1, 0.15) is 10.6 Å². The molecule has 0 radical (unpaired) electrons. The van der Waals surface area contributed by atoms with Crippen LogP contribution in [0.4, 0.5) is 0 Å². The van der Waals surface area contributed by atoms with Crippen molar-refractivity contribution in [1.29, 1.82) is 0 Å². The van der Waals surface area contributed by atoms with Gasteiger partial charge in [0.15, 0.2) is 5.76 Å². The third-order valence-electron chi connectivity index (χ3n) is 4.21. The van der Waals surface area contributed by atoms with Gasteiger partial charge < -0.3 is 4.52 Å². The number of hydrogen-bond donors (Lipinski definition) is 1. The highest BCUT2D eigenvalue weighted by atomic mass is 35.5. The second-order valence-electron chi connectivity index (χ2n) is 5.79. The lowest BCUT2D eigenvalue weighted by Gasteiger charge is -2.30. The highest BCUT2D eigenvalue weighted by Gasteiger charge is 2.26. The SMILES string of the molecule is CCN(CC)C(CNS(=O)(=O)c1c(C)noc1C)c1ccc(Cl)cc1. The fourth-order valence-electron chi connectivity index (χ4n) is 2.93. The fraction of sp³-hybridized carbons (Fsp3) is 0.471. The van der Waals surface area contributed by atoms with Gasteiger partial charge in [-0.2, -0.15) is 0 Å². The number of sulfonamides is 1. The van der Waals surface area contributed by atoms with Gasteiger partial charge in [-0.15, -0.1) is 0 Å². The number of hydrogen-bond acceptors (Lipinski definition) is 5. The van der Waals surface area contributed by atoms with Gasteiger partial charge >= 0.3 is 0 Å². The van der Waals surface area contributed by atoms with Crippen molar-refractivity contribution in [3.05, 3.63) is 46.3 Å². The molecule has 1 aromatic heterocycles. The zero-order valence-electron chi connectivity index (χ0n) is 14.9. The number of aromatic nitrogens is 1. The number of benzene rings is 1. The number of likely N-dealkylation sites (N-methyl/N-ethyl adjacent to an activating group) is 1. The quantitative estimate of drug-likeness (QED) is 0.754. The molecule has 1 unspecified atom stereocenters. The highest BCUT2D eigenvalue weighted by Crippen LogP contribution is 2.24. The maximum atomic E-state index is 12.7. The molecule has 1 N–H and O–H groups in total. The van der Waals surface area contributed by atoms with E-state index in [1.54, 1.807) is 13.8 Å². The van der Waals surface area contributed by atoms with E-state index in [0.29, 0.717) is 10.7 Å². The van der Waals surface area contributed by atoms with E-state index in [2.05, 4.69) is 28.6 Å². The smallest absolute Gasteiger partial charge is 0.246 e. The lowest BCUT2D eigenvalue weighted by molar-refractivity contribution is 0.220. The summed E-state index contributed by atoms with van der Waals surface area (Å²) < 4.78 is 33.0. The summed E-state index contributed by atoms with van der Waals surface area (Å²) in [6, 6.07) is 7.39. The average Bonchev–Trinajstić information content (AvgIpc) is 2.92. The van der Waals surface area contributed by atoms with Crippen molar-refractivity contribution >= 4 is 21.6 Å². The summed E-state index contributed by atoms with van der Waals surface area (Å²) in [5.74, 6) is 0.288. The second kappa shape index (κ2) is 8.31. The van der Waals surface area contributed by atoms with E-state index in [0.717, 1.165) is 18.7 Å². The molecule has 1 atom stereocenters. The number of nitrogens with zero attached hydrogens (tertiary/aromatic N) is 2. The minimum absolute atomic E-state index is 0.0949. The zero-order valence-corrected chi connectivity index (χ0v) is 16.5. The van der Waals surface area contributed by atoms with Crippen LogP contribution >= 0.6 is 11.6 Å². The molecule has 2 aromatic rings. The molecule has 0 saturated heterocycles. The second-order valence-corrected chi connectivity index (χ2v) is 7.93. The standard InChI is InChI=1S/C17H24ClN3O3S/c1-5-21(6-2)16(14-7-9-15(18)10-8-14)11-19-25(22,23)17-12(3)20-24-13(17)4/h7-10,16,19H,5-6,11H2,1-4H3. The van der Waals surface area contributed by atoms with Crippen molar-refractivity contribution in [2.45, 2.75) is 38.6 Å². The van der Waals surface area contributed by atoms with Crippen LogP contribution in [-0.4, -0.2) is 38.1 Å². The first-order chi connectivity index (χ1) is 11.8. The van der Waals surface area contributed by atoms with Crippen molar-refractivity contribution in [1.82, 2.24) is 14.8 Å². The molecule has 2 rings (SSSR count). The van der Waals surface area contributed by atoms with Crippen LogP contribution in [0.15, 0.2) is 33.7 Å². The minimum Gasteiger partial charge on any atom is -0.360 e. The Kier molecular flexibility index (Phi) is 6.62. The molecule has 1 aromatic carbocycles. The molecule has 0 bridgehead atoms. The number of halogens is 1. The lowest BCUT2D eigenvalue weighted by atomic mass is 10.1. The van der Waals surface area contributed by atoms with Crippen LogP contribution in [0.5, 0.6) is 0 Å². The van der Waals surface area contributed by atoms with Gasteiger partial charge in [0.25, 0.3) is 0 Å². The first-order valence-corrected chi connectivity index (χ1v) is 10.1. The van der Waals surface area contributed by atoms with Gasteiger partial charge in [0.05, 0.1) is 0 Å². The summed E-state index contributed by atoms with van der Waals surface area (Å²) in [5.41, 5.74) is 1.37. The summed E-state index contributed by atoms with van der Waals surface area (Å²) in [7, 11) is -3.70. The normalized spacial score (nSPS) is 13.4. The molecule has 0 fully saturated rings. The van der Waals surface area contributed by atoms with Gasteiger partial charge in [-0.25, -0.2) is 13.1 Å². The Morgan fingerprint density at radius 2 is 1.80 bits per heavy atom. The van der Waals surface area contributed by atoms with E-state index in [9.17, 15) is 8.42 Å². The molecular weight excluding hydrogens is 362 g/mol. The predicted molar refractivity (Wildman–Crippen MR) is 98.3 cm³/mol. The molecule has 0 aliphatic carbocycles. The van der Waals surface area contributed by atoms with Crippen LogP contribution in [0.25, 0.3) is 0 Å². The Morgan fingerprint density at radius 1 is 1.20 bits per heavy atom. The molecular formula is C17H24ClN3O3S. The maximum absolute atomic E-state index is 12.7. The topological polar surface area (TPSA) is 75.4 Å². The molecule has 0 saturated carbocycles. The summed E-state index contributed by atoms with van der Waals surface area (Å²) >= 11 is 5.97. The van der Waals surface area contributed by atoms with E-state index in [1.165, 1.54) is 0 Å². The molecule has 0 spiro atoms. The summed E-state index contributed by atoms with van der Waals surface area (Å²) in [4.78, 5) is 2.31. The lowest BCUT2D eigenvalue weighted by Crippen LogP contribution is -2.38. The van der Waals surface area contributed by atoms with Crippen LogP contribution in [0, 0.1) is 13.8 Å². The van der Waals surface area contributed by atoms with Crippen LogP contribution in [-0.2, 0) is 10.0 Å². The van der Waals surface area contributed by atoms with Crippen molar-refractivity contribution < 1.29 is 12.9 Å². The van der Waals surface area contributed by atoms with Crippen LogP contribution in [0.2, 0.25) is 5.02 Å². The predicted octanol–water partition coefficient (Wildman–Crippen LogP) is 3.31. The largest absolute Gasteiger partial charge is 0.360 e. The Balaban J connectivity index is 2.27. The molecule has 0 amide bonds. The molecule has 25 heavy (non-hydrogen) atoms. The molecule has 8 heteroatoms. The van der Waals surface area contributed by atoms with E-state index < -0.39 is 10.0 Å². The summed E-state index contributed by atoms with van der Waals surface area (Å²) in [5, 5.41) is 4.38. The molecule has 6 nitrogen and oxygen atoms in total. The van der Waals surface area contributed by atoms with Gasteiger partial charge in [0.2, 0.25) is 10.0 Å². The van der Waals surface area contributed by atoms with E-state index in [1.807, 2.05) is 24.3 Å². The number of aryl methyl sites for hydroxylation is 2. The Labute approximate surface area is 154 Å². The molecule has 0 aliphatic heterocycles. The highest BCUT2D eigenvalue weighted by molar-refractivity contribution is 7.89. The van der Waals surface area contributed by atoms with E-state index >= 15 is 0 Å². The van der Waals surface area contributed by atoms with Crippen molar-refractivity contribution in [3.63, 3.8) is 0 Å². The monoisotopic (exact) mass is 385 g/mol. The summed E-state index contributed by atoms with van der Waals surface area (Å²) in [6.07, 6.45) is 0. The van der Waals surface area contributed by atoms with Crippen molar-refractivity contribution in [2.75, 3.05) is 19.6 Å². The first-order valence-electron chi connectivity index (χ1n) is 8.22. The molecule has 138 valence electrons. The first kappa shape index (κ1) is 19.9. The number of nitrogens with one attached hydrogen (secondary N) is 1. The van der Waals surface area contributed by atoms with Crippen molar-refractivity contribution in [3.8, 4) is 0 Å². The van der Waals surface area contributed by atoms with Gasteiger partial charge in [-0.1, -0.05) is 42.7 Å². The van der Waals surface area contributed by atoms with E-state index in [4.69, 9.17) is 16.1 Å². The van der Waals surface area contributed by atoms with E-state index in [-0.39, 0.29) is 23.2 Å². The Hall–Kier alpha value is -1.41. The fourth-order valence-corrected chi connectivity index (χ4v) is 4.42. The number of rotatable bonds is 8.